The summed E-state index contributed by atoms with van der Waals surface area (Å²) in [6.45, 7) is 10.4. The van der Waals surface area contributed by atoms with Crippen LogP contribution in [0.25, 0.3) is 0 Å². The van der Waals surface area contributed by atoms with E-state index in [2.05, 4.69) is 23.6 Å². The number of nitrogens with zero attached hydrogens (tertiary/aromatic N) is 3. The van der Waals surface area contributed by atoms with Crippen LogP contribution in [-0.4, -0.2) is 83.0 Å². The minimum atomic E-state index is -0.761. The lowest BCUT2D eigenvalue weighted by molar-refractivity contribution is -0.139. The van der Waals surface area contributed by atoms with E-state index in [1.165, 1.54) is 0 Å². The molecule has 1 aliphatic heterocycles. The van der Waals surface area contributed by atoms with Crippen LogP contribution in [0.3, 0.4) is 0 Å². The van der Waals surface area contributed by atoms with Crippen LogP contribution in [0, 0.1) is 5.92 Å². The monoisotopic (exact) mass is 375 g/mol. The molecule has 1 N–H and O–H groups in total. The van der Waals surface area contributed by atoms with Gasteiger partial charge in [0.1, 0.15) is 0 Å². The van der Waals surface area contributed by atoms with Crippen molar-refractivity contribution in [2.45, 2.75) is 58.5 Å². The molecule has 0 spiro atoms. The van der Waals surface area contributed by atoms with Gasteiger partial charge in [0.05, 0.1) is 13.1 Å². The average Bonchev–Trinajstić information content (AvgIpc) is 3.35. The summed E-state index contributed by atoms with van der Waals surface area (Å²) >= 11 is 0. The molecule has 0 bridgehead atoms. The van der Waals surface area contributed by atoms with E-state index in [1.54, 1.807) is 0 Å². The van der Waals surface area contributed by atoms with Crippen molar-refractivity contribution in [1.82, 2.24) is 14.7 Å². The second-order valence-electron chi connectivity index (χ2n) is 7.64. The lowest BCUT2D eigenvalue weighted by atomic mass is 10.0. The third-order valence-corrected chi connectivity index (χ3v) is 5.05. The molecule has 2 fully saturated rings. The minimum absolute atomic E-state index is 0. The Morgan fingerprint density at radius 2 is 1.72 bits per heavy atom. The second kappa shape index (κ2) is 10.3. The first-order valence-electron chi connectivity index (χ1n) is 9.38. The Labute approximate surface area is 157 Å². The van der Waals surface area contributed by atoms with E-state index in [9.17, 15) is 9.59 Å². The second-order valence-corrected chi connectivity index (χ2v) is 7.64. The van der Waals surface area contributed by atoms with Gasteiger partial charge < -0.3 is 10.0 Å². The van der Waals surface area contributed by atoms with E-state index in [-0.39, 0.29) is 24.9 Å². The quantitative estimate of drug-likeness (QED) is 0.667. The lowest BCUT2D eigenvalue weighted by Gasteiger charge is -2.38. The Morgan fingerprint density at radius 3 is 2.16 bits per heavy atom. The van der Waals surface area contributed by atoms with Crippen LogP contribution in [0.2, 0.25) is 0 Å². The first kappa shape index (κ1) is 22.2. The first-order valence-corrected chi connectivity index (χ1v) is 9.38. The molecule has 1 saturated carbocycles. The predicted octanol–water partition coefficient (Wildman–Crippen LogP) is 1.93. The highest BCUT2D eigenvalue weighted by Crippen LogP contribution is 2.28. The molecule has 2 rings (SSSR count). The predicted molar refractivity (Wildman–Crippen MR) is 101 cm³/mol. The number of amides is 1. The van der Waals surface area contributed by atoms with E-state index < -0.39 is 5.97 Å². The summed E-state index contributed by atoms with van der Waals surface area (Å²) in [6, 6.07) is 0.802. The summed E-state index contributed by atoms with van der Waals surface area (Å²) in [4.78, 5) is 30.0. The number of hydrogen-bond donors (Lipinski definition) is 1. The average molecular weight is 376 g/mol. The highest BCUT2D eigenvalue weighted by Gasteiger charge is 2.34. The maximum Gasteiger partial charge on any atom is 0.317 e. The number of likely N-dealkylation sites (tertiary alicyclic amines) is 1. The molecule has 0 atom stereocenters. The summed E-state index contributed by atoms with van der Waals surface area (Å²) in [5.74, 6) is 0.0140. The third-order valence-electron chi connectivity index (χ3n) is 5.05. The first-order chi connectivity index (χ1) is 11.4. The Balaban J connectivity index is 0.00000312. The van der Waals surface area contributed by atoms with E-state index in [0.717, 1.165) is 51.9 Å². The maximum atomic E-state index is 12.6. The van der Waals surface area contributed by atoms with Gasteiger partial charge in [-0.3, -0.25) is 19.4 Å². The molecule has 0 aromatic heterocycles. The van der Waals surface area contributed by atoms with Crippen LogP contribution in [0.4, 0.5) is 0 Å². The van der Waals surface area contributed by atoms with Crippen molar-refractivity contribution in [1.29, 1.82) is 0 Å². The van der Waals surface area contributed by atoms with E-state index >= 15 is 0 Å². The highest BCUT2D eigenvalue weighted by atomic mass is 35.5. The van der Waals surface area contributed by atoms with Crippen LogP contribution in [-0.2, 0) is 9.59 Å². The van der Waals surface area contributed by atoms with Crippen molar-refractivity contribution in [3.05, 3.63) is 0 Å². The van der Waals surface area contributed by atoms with Crippen molar-refractivity contribution in [2.75, 3.05) is 39.3 Å². The van der Waals surface area contributed by atoms with Gasteiger partial charge in [-0.1, -0.05) is 20.8 Å². The van der Waals surface area contributed by atoms with Gasteiger partial charge in [0.25, 0.3) is 0 Å². The number of carbonyl (C=O) groups excluding carboxylic acids is 1. The van der Waals surface area contributed by atoms with Gasteiger partial charge in [-0.25, -0.2) is 0 Å². The zero-order chi connectivity index (χ0) is 17.7. The number of aliphatic carboxylic acids is 1. The molecule has 6 nitrogen and oxygen atoms in total. The molecule has 25 heavy (non-hydrogen) atoms. The van der Waals surface area contributed by atoms with Crippen LogP contribution >= 0.6 is 12.4 Å². The summed E-state index contributed by atoms with van der Waals surface area (Å²) in [5, 5.41) is 9.01. The van der Waals surface area contributed by atoms with Gasteiger partial charge in [-0.15, -0.1) is 12.4 Å². The molecular formula is C18H34ClN3O3. The molecule has 146 valence electrons. The van der Waals surface area contributed by atoms with Crippen LogP contribution in [0.5, 0.6) is 0 Å². The van der Waals surface area contributed by atoms with E-state index in [4.69, 9.17) is 5.11 Å². The number of carboxylic acids is 1. The van der Waals surface area contributed by atoms with Gasteiger partial charge in [0.2, 0.25) is 5.91 Å². The zero-order valence-electron chi connectivity index (χ0n) is 15.8. The normalized spacial score (nSPS) is 19.1. The van der Waals surface area contributed by atoms with Gasteiger partial charge in [0.15, 0.2) is 0 Å². The number of halogens is 1. The topological polar surface area (TPSA) is 64.1 Å². The summed E-state index contributed by atoms with van der Waals surface area (Å²) in [6.07, 6.45) is 4.20. The standard InChI is InChI=1S/C18H33N3O3.ClH/c1-4-20(13-18(23)24)15-7-9-19(10-8-15)12-17(22)21(11-14(2)3)16-5-6-16;/h14-16H,4-13H2,1-3H3,(H,23,24);1H. The van der Waals surface area contributed by atoms with Gasteiger partial charge in [-0.05, 0) is 38.1 Å². The summed E-state index contributed by atoms with van der Waals surface area (Å²) in [7, 11) is 0. The number of rotatable bonds is 9. The molecule has 1 amide bonds. The number of piperidine rings is 1. The largest absolute Gasteiger partial charge is 0.480 e. The molecule has 1 saturated heterocycles. The Hall–Kier alpha value is -0.850. The zero-order valence-corrected chi connectivity index (χ0v) is 16.6. The van der Waals surface area contributed by atoms with Crippen molar-refractivity contribution in [3.8, 4) is 0 Å². The fraction of sp³-hybridized carbons (Fsp3) is 0.889. The lowest BCUT2D eigenvalue weighted by Crippen LogP contribution is -2.49. The third kappa shape index (κ3) is 7.12. The molecule has 2 aliphatic rings. The number of hydrogen-bond acceptors (Lipinski definition) is 4. The number of carbonyl (C=O) groups is 2. The van der Waals surface area contributed by atoms with Crippen molar-refractivity contribution in [3.63, 3.8) is 0 Å². The van der Waals surface area contributed by atoms with Crippen molar-refractivity contribution in [2.24, 2.45) is 5.92 Å². The van der Waals surface area contributed by atoms with E-state index in [1.807, 2.05) is 11.8 Å². The Morgan fingerprint density at radius 1 is 1.12 bits per heavy atom. The van der Waals surface area contributed by atoms with Crippen LogP contribution < -0.4 is 0 Å². The molecule has 0 aromatic rings. The number of carboxylic acid groups (broad SMARTS) is 1. The molecule has 7 heteroatoms. The molecule has 0 unspecified atom stereocenters. The Kier molecular flexibility index (Phi) is 9.17. The molecule has 0 aromatic carbocycles. The van der Waals surface area contributed by atoms with Gasteiger partial charge in [0, 0.05) is 31.7 Å². The molecule has 1 aliphatic carbocycles. The minimum Gasteiger partial charge on any atom is -0.480 e. The summed E-state index contributed by atoms with van der Waals surface area (Å²) in [5.41, 5.74) is 0. The van der Waals surface area contributed by atoms with Gasteiger partial charge in [-0.2, -0.15) is 0 Å². The maximum absolute atomic E-state index is 12.6. The number of likely N-dealkylation sites (N-methyl/N-ethyl adjacent to an activating group) is 1. The van der Waals surface area contributed by atoms with E-state index in [0.29, 0.717) is 24.5 Å². The molecular weight excluding hydrogens is 342 g/mol. The van der Waals surface area contributed by atoms with Crippen molar-refractivity contribution >= 4 is 24.3 Å². The van der Waals surface area contributed by atoms with Gasteiger partial charge >= 0.3 is 5.97 Å². The SMILES string of the molecule is CCN(CC(=O)O)C1CCN(CC(=O)N(CC(C)C)C2CC2)CC1.Cl. The summed E-state index contributed by atoms with van der Waals surface area (Å²) < 4.78 is 0. The highest BCUT2D eigenvalue weighted by molar-refractivity contribution is 5.85. The Bertz CT molecular complexity index is 435. The fourth-order valence-electron chi connectivity index (χ4n) is 3.63. The van der Waals surface area contributed by atoms with Crippen LogP contribution in [0.15, 0.2) is 0 Å². The van der Waals surface area contributed by atoms with Crippen LogP contribution in [0.1, 0.15) is 46.5 Å². The smallest absolute Gasteiger partial charge is 0.317 e. The van der Waals surface area contributed by atoms with Crippen molar-refractivity contribution < 1.29 is 14.7 Å². The molecule has 1 heterocycles. The molecule has 0 radical (unpaired) electrons. The fourth-order valence-corrected chi connectivity index (χ4v) is 3.63.